The summed E-state index contributed by atoms with van der Waals surface area (Å²) in [7, 11) is 1.11. The van der Waals surface area contributed by atoms with Gasteiger partial charge in [-0.2, -0.15) is 0 Å². The van der Waals surface area contributed by atoms with Gasteiger partial charge in [0.15, 0.2) is 5.60 Å². The van der Waals surface area contributed by atoms with Crippen molar-refractivity contribution in [2.75, 3.05) is 7.11 Å². The van der Waals surface area contributed by atoms with E-state index in [2.05, 4.69) is 0 Å². The molecule has 0 aliphatic rings. The zero-order valence-electron chi connectivity index (χ0n) is 13.4. The number of aliphatic carboxylic acids is 2. The summed E-state index contributed by atoms with van der Waals surface area (Å²) in [6.07, 6.45) is 1.38. The number of carboxylic acids is 2. The molecule has 0 aliphatic carbocycles. The van der Waals surface area contributed by atoms with Crippen LogP contribution in [-0.4, -0.2) is 45.9 Å². The number of carboxylic acid groups (broad SMARTS) is 2. The van der Waals surface area contributed by atoms with Gasteiger partial charge in [-0.3, -0.25) is 9.59 Å². The topological polar surface area (TPSA) is 121 Å². The van der Waals surface area contributed by atoms with E-state index in [-0.39, 0.29) is 12.8 Å². The maximum atomic E-state index is 12.3. The summed E-state index contributed by atoms with van der Waals surface area (Å²) in [6, 6.07) is 0. The van der Waals surface area contributed by atoms with E-state index in [0.29, 0.717) is 25.7 Å². The number of carbonyl (C=O) groups is 3. The summed E-state index contributed by atoms with van der Waals surface area (Å²) >= 11 is 0. The first-order chi connectivity index (χ1) is 10.2. The number of rotatable bonds is 11. The molecule has 7 nitrogen and oxygen atoms in total. The molecular formula is C15H26O7. The van der Waals surface area contributed by atoms with Crippen molar-refractivity contribution in [3.05, 3.63) is 0 Å². The first-order valence-corrected chi connectivity index (χ1v) is 7.47. The fourth-order valence-electron chi connectivity index (χ4n) is 2.73. The van der Waals surface area contributed by atoms with Crippen LogP contribution in [0.5, 0.6) is 0 Å². The molecule has 0 aromatic carbocycles. The van der Waals surface area contributed by atoms with Crippen molar-refractivity contribution in [3.8, 4) is 0 Å². The first kappa shape index (κ1) is 20.4. The molecule has 3 N–H and O–H groups in total. The van der Waals surface area contributed by atoms with Crippen LogP contribution in [0.3, 0.4) is 0 Å². The number of carbonyl (C=O) groups excluding carboxylic acids is 1. The van der Waals surface area contributed by atoms with Crippen molar-refractivity contribution >= 4 is 17.9 Å². The van der Waals surface area contributed by atoms with Gasteiger partial charge < -0.3 is 20.1 Å². The maximum Gasteiger partial charge on any atom is 0.337 e. The van der Waals surface area contributed by atoms with E-state index in [1.807, 2.05) is 13.8 Å². The Kier molecular flexibility index (Phi) is 8.08. The van der Waals surface area contributed by atoms with Crippen molar-refractivity contribution in [2.45, 2.75) is 64.4 Å². The Balaban J connectivity index is 6.05. The fourth-order valence-corrected chi connectivity index (χ4v) is 2.73. The van der Waals surface area contributed by atoms with E-state index in [1.165, 1.54) is 0 Å². The van der Waals surface area contributed by atoms with Gasteiger partial charge >= 0.3 is 17.9 Å². The summed E-state index contributed by atoms with van der Waals surface area (Å²) in [6.45, 7) is 3.72. The molecule has 0 heterocycles. The molecule has 0 radical (unpaired) electrons. The maximum absolute atomic E-state index is 12.3. The molecule has 7 heteroatoms. The third kappa shape index (κ3) is 4.19. The average molecular weight is 318 g/mol. The number of esters is 1. The van der Waals surface area contributed by atoms with Crippen LogP contribution in [0, 0.1) is 5.41 Å². The highest BCUT2D eigenvalue weighted by atomic mass is 16.5. The van der Waals surface area contributed by atoms with Gasteiger partial charge in [0.2, 0.25) is 0 Å². The molecule has 22 heavy (non-hydrogen) atoms. The molecule has 128 valence electrons. The summed E-state index contributed by atoms with van der Waals surface area (Å²) < 4.78 is 4.73. The van der Waals surface area contributed by atoms with Crippen molar-refractivity contribution in [1.29, 1.82) is 0 Å². The van der Waals surface area contributed by atoms with Gasteiger partial charge in [-0.05, 0) is 12.8 Å². The number of hydrogen-bond acceptors (Lipinski definition) is 5. The Bertz CT molecular complexity index is 397. The van der Waals surface area contributed by atoms with Gasteiger partial charge in [0.1, 0.15) is 5.41 Å². The lowest BCUT2D eigenvalue weighted by molar-refractivity contribution is -0.197. The Morgan fingerprint density at radius 2 is 1.45 bits per heavy atom. The van der Waals surface area contributed by atoms with Crippen LogP contribution in [0.2, 0.25) is 0 Å². The van der Waals surface area contributed by atoms with E-state index < -0.39 is 35.3 Å². The predicted octanol–water partition coefficient (Wildman–Crippen LogP) is 1.82. The molecular weight excluding hydrogens is 292 g/mol. The SMILES string of the molecule is CCCCC(CCCC)(C(=O)OC)C(O)(CC(=O)O)C(=O)O. The molecule has 0 fully saturated rings. The summed E-state index contributed by atoms with van der Waals surface area (Å²) in [5.41, 5.74) is -4.46. The molecule has 0 bridgehead atoms. The van der Waals surface area contributed by atoms with Gasteiger partial charge in [0.25, 0.3) is 0 Å². The second kappa shape index (κ2) is 8.73. The van der Waals surface area contributed by atoms with Crippen molar-refractivity contribution in [1.82, 2.24) is 0 Å². The molecule has 0 aromatic heterocycles. The van der Waals surface area contributed by atoms with Crippen LogP contribution < -0.4 is 0 Å². The van der Waals surface area contributed by atoms with Crippen molar-refractivity contribution in [2.24, 2.45) is 5.41 Å². The van der Waals surface area contributed by atoms with Crippen LogP contribution in [-0.2, 0) is 19.1 Å². The van der Waals surface area contributed by atoms with E-state index in [9.17, 15) is 24.6 Å². The van der Waals surface area contributed by atoms with E-state index >= 15 is 0 Å². The Morgan fingerprint density at radius 3 is 1.73 bits per heavy atom. The van der Waals surface area contributed by atoms with Gasteiger partial charge in [-0.25, -0.2) is 4.79 Å². The Hall–Kier alpha value is -1.63. The van der Waals surface area contributed by atoms with Gasteiger partial charge in [-0.1, -0.05) is 39.5 Å². The minimum atomic E-state index is -2.70. The summed E-state index contributed by atoms with van der Waals surface area (Å²) in [5, 5.41) is 29.1. The molecule has 0 amide bonds. The smallest absolute Gasteiger partial charge is 0.337 e. The average Bonchev–Trinajstić information content (AvgIpc) is 2.45. The summed E-state index contributed by atoms with van der Waals surface area (Å²) in [4.78, 5) is 35.0. The third-order valence-corrected chi connectivity index (χ3v) is 4.04. The van der Waals surface area contributed by atoms with Crippen LogP contribution in [0.25, 0.3) is 0 Å². The molecule has 1 atom stereocenters. The minimum Gasteiger partial charge on any atom is -0.481 e. The first-order valence-electron chi connectivity index (χ1n) is 7.47. The monoisotopic (exact) mass is 318 g/mol. The zero-order valence-corrected chi connectivity index (χ0v) is 13.4. The highest BCUT2D eigenvalue weighted by Crippen LogP contribution is 2.45. The Morgan fingerprint density at radius 1 is 1.00 bits per heavy atom. The highest BCUT2D eigenvalue weighted by molar-refractivity contribution is 5.92. The zero-order chi connectivity index (χ0) is 17.4. The summed E-state index contributed by atoms with van der Waals surface area (Å²) in [5.74, 6) is -4.07. The van der Waals surface area contributed by atoms with Crippen LogP contribution in [0.15, 0.2) is 0 Å². The molecule has 0 aliphatic heterocycles. The van der Waals surface area contributed by atoms with Gasteiger partial charge in [0, 0.05) is 0 Å². The molecule has 1 unspecified atom stereocenters. The van der Waals surface area contributed by atoms with E-state index in [0.717, 1.165) is 7.11 Å². The van der Waals surface area contributed by atoms with Crippen LogP contribution in [0.4, 0.5) is 0 Å². The van der Waals surface area contributed by atoms with Crippen LogP contribution >= 0.6 is 0 Å². The second-order valence-electron chi connectivity index (χ2n) is 5.52. The van der Waals surface area contributed by atoms with E-state index in [4.69, 9.17) is 9.84 Å². The quantitative estimate of drug-likeness (QED) is 0.497. The van der Waals surface area contributed by atoms with E-state index in [1.54, 1.807) is 0 Å². The number of ether oxygens (including phenoxy) is 1. The van der Waals surface area contributed by atoms with Gasteiger partial charge in [0.05, 0.1) is 13.5 Å². The van der Waals surface area contributed by atoms with Crippen molar-refractivity contribution in [3.63, 3.8) is 0 Å². The predicted molar refractivity (Wildman–Crippen MR) is 78.3 cm³/mol. The Labute approximate surface area is 130 Å². The molecule has 0 rings (SSSR count). The van der Waals surface area contributed by atoms with Gasteiger partial charge in [-0.15, -0.1) is 0 Å². The highest BCUT2D eigenvalue weighted by Gasteiger charge is 2.61. The molecule has 0 saturated carbocycles. The lowest BCUT2D eigenvalue weighted by atomic mass is 9.64. The standard InChI is InChI=1S/C15H26O7/c1-4-6-8-14(9-7-5-2,13(20)22-3)15(21,12(18)19)10-11(16)17/h21H,4-10H2,1-3H3,(H,16,17)(H,18,19). The third-order valence-electron chi connectivity index (χ3n) is 4.04. The largest absolute Gasteiger partial charge is 0.481 e. The fraction of sp³-hybridized carbons (Fsp3) is 0.800. The second-order valence-corrected chi connectivity index (χ2v) is 5.52. The molecule has 0 saturated heterocycles. The molecule has 0 spiro atoms. The number of unbranched alkanes of at least 4 members (excludes halogenated alkanes) is 2. The number of methoxy groups -OCH3 is 1. The lowest BCUT2D eigenvalue weighted by Gasteiger charge is -2.41. The normalized spacial score (nSPS) is 14.2. The minimum absolute atomic E-state index is 0.0618. The van der Waals surface area contributed by atoms with Crippen molar-refractivity contribution < 1.29 is 34.4 Å². The molecule has 0 aromatic rings. The van der Waals surface area contributed by atoms with Crippen LogP contribution in [0.1, 0.15) is 58.8 Å². The lowest BCUT2D eigenvalue weighted by Crippen LogP contribution is -2.59. The number of hydrogen-bond donors (Lipinski definition) is 3. The number of aliphatic hydroxyl groups is 1.